The van der Waals surface area contributed by atoms with Crippen molar-refractivity contribution in [1.29, 1.82) is 0 Å². The predicted molar refractivity (Wildman–Crippen MR) is 114 cm³/mol. The van der Waals surface area contributed by atoms with E-state index >= 15 is 0 Å². The summed E-state index contributed by atoms with van der Waals surface area (Å²) in [7, 11) is -3.81. The van der Waals surface area contributed by atoms with Crippen molar-refractivity contribution in [2.24, 2.45) is 5.92 Å². The summed E-state index contributed by atoms with van der Waals surface area (Å²) in [6.45, 7) is 3.07. The number of sulfone groups is 1. The van der Waals surface area contributed by atoms with Gasteiger partial charge >= 0.3 is 12.1 Å². The molecule has 168 valence electrons. The highest BCUT2D eigenvalue weighted by molar-refractivity contribution is 7.92. The lowest BCUT2D eigenvalue weighted by atomic mass is 9.83. The zero-order chi connectivity index (χ0) is 22.8. The van der Waals surface area contributed by atoms with Crippen molar-refractivity contribution in [3.63, 3.8) is 0 Å². The first-order valence-corrected chi connectivity index (χ1v) is 12.1. The van der Waals surface area contributed by atoms with Gasteiger partial charge in [0.1, 0.15) is 6.10 Å². The second-order valence-electron chi connectivity index (χ2n) is 8.18. The summed E-state index contributed by atoms with van der Waals surface area (Å²) >= 11 is 0. The van der Waals surface area contributed by atoms with Gasteiger partial charge in [0.15, 0.2) is 14.6 Å². The molecule has 31 heavy (non-hydrogen) atoms. The Hall–Kier alpha value is -2.57. The normalized spacial score (nSPS) is 25.0. The van der Waals surface area contributed by atoms with Crippen LogP contribution in [-0.4, -0.2) is 61.9 Å². The summed E-state index contributed by atoms with van der Waals surface area (Å²) < 4.78 is 33.1. The Balaban J connectivity index is 1.68. The van der Waals surface area contributed by atoms with Crippen LogP contribution in [0.3, 0.4) is 0 Å². The number of cyclic esters (lactones) is 1. The molecule has 1 aliphatic heterocycles. The smallest absolute Gasteiger partial charge is 0.414 e. The molecule has 1 heterocycles. The van der Waals surface area contributed by atoms with Crippen LogP contribution in [0.15, 0.2) is 24.3 Å². The third-order valence-corrected chi connectivity index (χ3v) is 7.70. The number of rotatable bonds is 6. The molecular formula is C22H27NO7S. The molecular weight excluding hydrogens is 422 g/mol. The SMILES string of the molecule is CCOC(=O)[C@@](C)(C[C@H]1CN(c2ccc(C#CC3CC(O)C3)cc2)C(=O)O1)S(C)(=O)=O. The first-order chi connectivity index (χ1) is 14.5. The van der Waals surface area contributed by atoms with Crippen molar-refractivity contribution in [2.75, 3.05) is 24.3 Å². The van der Waals surface area contributed by atoms with Gasteiger partial charge in [0.05, 0.1) is 19.3 Å². The maximum atomic E-state index is 12.4. The van der Waals surface area contributed by atoms with Gasteiger partial charge < -0.3 is 14.6 Å². The molecule has 0 bridgehead atoms. The van der Waals surface area contributed by atoms with Crippen LogP contribution in [0.1, 0.15) is 38.7 Å². The number of ether oxygens (including phenoxy) is 2. The highest BCUT2D eigenvalue weighted by atomic mass is 32.2. The van der Waals surface area contributed by atoms with E-state index < -0.39 is 32.8 Å². The van der Waals surface area contributed by atoms with Gasteiger partial charge in [0.25, 0.3) is 0 Å². The van der Waals surface area contributed by atoms with Gasteiger partial charge in [-0.05, 0) is 51.0 Å². The van der Waals surface area contributed by atoms with E-state index in [0.717, 1.165) is 11.8 Å². The summed E-state index contributed by atoms with van der Waals surface area (Å²) in [5, 5.41) is 9.32. The molecule has 0 spiro atoms. The fourth-order valence-electron chi connectivity index (χ4n) is 3.56. The lowest BCUT2D eigenvalue weighted by Gasteiger charge is -2.27. The lowest BCUT2D eigenvalue weighted by Crippen LogP contribution is -2.47. The van der Waals surface area contributed by atoms with Crippen LogP contribution in [0.2, 0.25) is 0 Å². The Kier molecular flexibility index (Phi) is 6.62. The molecule has 3 rings (SSSR count). The number of carbonyl (C=O) groups is 2. The second kappa shape index (κ2) is 8.89. The van der Waals surface area contributed by atoms with E-state index in [4.69, 9.17) is 9.47 Å². The minimum atomic E-state index is -3.81. The first-order valence-electron chi connectivity index (χ1n) is 10.2. The standard InChI is InChI=1S/C22H27NO7S/c1-4-29-20(25)22(2,31(3,27)28)13-19-14-23(21(26)30-19)17-9-7-15(8-10-17)5-6-16-11-18(24)12-16/h7-10,16,18-19,24H,4,11-14H2,1-3H3/t16?,18?,19-,22+/m0/s1. The van der Waals surface area contributed by atoms with Crippen LogP contribution in [0, 0.1) is 17.8 Å². The molecule has 1 saturated carbocycles. The topological polar surface area (TPSA) is 110 Å². The van der Waals surface area contributed by atoms with Crippen molar-refractivity contribution in [3.8, 4) is 11.8 Å². The number of hydrogen-bond donors (Lipinski definition) is 1. The van der Waals surface area contributed by atoms with Crippen LogP contribution in [-0.2, 0) is 24.1 Å². The van der Waals surface area contributed by atoms with E-state index in [1.807, 2.05) is 0 Å². The maximum absolute atomic E-state index is 12.4. The van der Waals surface area contributed by atoms with Crippen molar-refractivity contribution >= 4 is 27.6 Å². The van der Waals surface area contributed by atoms with Crippen molar-refractivity contribution in [1.82, 2.24) is 0 Å². The fourth-order valence-corrected chi connectivity index (χ4v) is 4.41. The highest BCUT2D eigenvalue weighted by Crippen LogP contribution is 2.31. The molecule has 1 aliphatic carbocycles. The van der Waals surface area contributed by atoms with Gasteiger partial charge in [-0.3, -0.25) is 9.69 Å². The molecule has 0 unspecified atom stereocenters. The van der Waals surface area contributed by atoms with Gasteiger partial charge in [-0.1, -0.05) is 11.8 Å². The van der Waals surface area contributed by atoms with Crippen molar-refractivity contribution in [3.05, 3.63) is 29.8 Å². The Morgan fingerprint density at radius 1 is 1.32 bits per heavy atom. The largest absolute Gasteiger partial charge is 0.465 e. The zero-order valence-electron chi connectivity index (χ0n) is 17.8. The average Bonchev–Trinajstić information content (AvgIpc) is 3.04. The third-order valence-electron chi connectivity index (χ3n) is 5.73. The van der Waals surface area contributed by atoms with E-state index in [1.54, 1.807) is 31.2 Å². The highest BCUT2D eigenvalue weighted by Gasteiger charge is 2.49. The molecule has 1 saturated heterocycles. The van der Waals surface area contributed by atoms with E-state index in [1.165, 1.54) is 11.8 Å². The first kappa shape index (κ1) is 23.1. The average molecular weight is 450 g/mol. The molecule has 8 nitrogen and oxygen atoms in total. The number of carbonyl (C=O) groups excluding carboxylic acids is 2. The quantitative estimate of drug-likeness (QED) is 0.522. The Morgan fingerprint density at radius 2 is 1.97 bits per heavy atom. The summed E-state index contributed by atoms with van der Waals surface area (Å²) in [5.41, 5.74) is 1.38. The monoisotopic (exact) mass is 449 g/mol. The Morgan fingerprint density at radius 3 is 2.52 bits per heavy atom. The van der Waals surface area contributed by atoms with E-state index in [9.17, 15) is 23.1 Å². The van der Waals surface area contributed by atoms with Crippen LogP contribution in [0.5, 0.6) is 0 Å². The number of amides is 1. The van der Waals surface area contributed by atoms with E-state index in [-0.39, 0.29) is 31.6 Å². The Bertz CT molecular complexity index is 1000. The van der Waals surface area contributed by atoms with Crippen LogP contribution in [0.25, 0.3) is 0 Å². The van der Waals surface area contributed by atoms with E-state index in [2.05, 4.69) is 11.8 Å². The summed E-state index contributed by atoms with van der Waals surface area (Å²) in [5.74, 6) is 5.54. The van der Waals surface area contributed by atoms with Crippen LogP contribution in [0.4, 0.5) is 10.5 Å². The maximum Gasteiger partial charge on any atom is 0.414 e. The number of hydrogen-bond acceptors (Lipinski definition) is 7. The molecule has 1 amide bonds. The lowest BCUT2D eigenvalue weighted by molar-refractivity contribution is -0.146. The minimum Gasteiger partial charge on any atom is -0.465 e. The van der Waals surface area contributed by atoms with Gasteiger partial charge in [-0.25, -0.2) is 13.2 Å². The molecule has 2 atom stereocenters. The summed E-state index contributed by atoms with van der Waals surface area (Å²) in [6.07, 6.45) is 0.554. The van der Waals surface area contributed by atoms with Gasteiger partial charge in [-0.2, -0.15) is 0 Å². The van der Waals surface area contributed by atoms with Crippen molar-refractivity contribution < 1.29 is 32.6 Å². The van der Waals surface area contributed by atoms with Gasteiger partial charge in [0.2, 0.25) is 0 Å². The van der Waals surface area contributed by atoms with Crippen LogP contribution >= 0.6 is 0 Å². The van der Waals surface area contributed by atoms with E-state index in [0.29, 0.717) is 18.5 Å². The zero-order valence-corrected chi connectivity index (χ0v) is 18.6. The molecule has 0 aromatic heterocycles. The fraction of sp³-hybridized carbons (Fsp3) is 0.545. The molecule has 1 N–H and O–H groups in total. The molecule has 0 radical (unpaired) electrons. The molecule has 9 heteroatoms. The minimum absolute atomic E-state index is 0.0527. The third kappa shape index (κ3) is 5.02. The molecule has 1 aromatic carbocycles. The second-order valence-corrected chi connectivity index (χ2v) is 10.6. The number of aliphatic hydroxyl groups excluding tert-OH is 1. The van der Waals surface area contributed by atoms with Crippen molar-refractivity contribution in [2.45, 2.75) is 50.1 Å². The number of anilines is 1. The van der Waals surface area contributed by atoms with Gasteiger partial charge in [-0.15, -0.1) is 0 Å². The number of esters is 1. The summed E-state index contributed by atoms with van der Waals surface area (Å²) in [4.78, 5) is 26.1. The molecule has 1 aromatic rings. The van der Waals surface area contributed by atoms with Gasteiger partial charge in [0, 0.05) is 29.8 Å². The molecule has 2 fully saturated rings. The summed E-state index contributed by atoms with van der Waals surface area (Å²) in [6, 6.07) is 7.06. The van der Waals surface area contributed by atoms with Crippen LogP contribution < -0.4 is 4.90 Å². The molecule has 2 aliphatic rings. The number of aliphatic hydroxyl groups is 1. The number of benzene rings is 1. The number of nitrogens with zero attached hydrogens (tertiary/aromatic N) is 1. The Labute approximate surface area is 182 Å². The predicted octanol–water partition coefficient (Wildman–Crippen LogP) is 1.89.